The van der Waals surface area contributed by atoms with E-state index in [1.807, 2.05) is 38.2 Å². The van der Waals surface area contributed by atoms with Gasteiger partial charge in [0.15, 0.2) is 5.78 Å². The summed E-state index contributed by atoms with van der Waals surface area (Å²) in [7, 11) is 0. The molecule has 0 aromatic heterocycles. The first-order valence-electron chi connectivity index (χ1n) is 6.28. The smallest absolute Gasteiger partial charge is 0.178 e. The number of allylic oxidation sites excluding steroid dienone is 12. The van der Waals surface area contributed by atoms with Gasteiger partial charge in [0.25, 0.3) is 0 Å². The summed E-state index contributed by atoms with van der Waals surface area (Å²) in [6.45, 7) is 3.83. The lowest BCUT2D eigenvalue weighted by molar-refractivity contribution is -0.110. The lowest BCUT2D eigenvalue weighted by atomic mass is 10.2. The summed E-state index contributed by atoms with van der Waals surface area (Å²) >= 11 is 0. The fourth-order valence-corrected chi connectivity index (χ4v) is 1.23. The molecule has 0 heterocycles. The number of hydrogen-bond donors (Lipinski definition) is 0. The summed E-state index contributed by atoms with van der Waals surface area (Å²) in [5, 5.41) is 0. The predicted octanol–water partition coefficient (Wildman–Crippen LogP) is 3.69. The van der Waals surface area contributed by atoms with E-state index in [9.17, 15) is 4.79 Å². The third-order valence-electron chi connectivity index (χ3n) is 2.24. The third-order valence-corrected chi connectivity index (χ3v) is 2.24. The number of rotatable bonds is 0. The van der Waals surface area contributed by atoms with Crippen LogP contribution in [0.5, 0.6) is 0 Å². The van der Waals surface area contributed by atoms with Gasteiger partial charge in [0.1, 0.15) is 0 Å². The summed E-state index contributed by atoms with van der Waals surface area (Å²) in [4.78, 5) is 11.4. The zero-order valence-electron chi connectivity index (χ0n) is 11.7. The Bertz CT molecular complexity index is 596. The van der Waals surface area contributed by atoms with Gasteiger partial charge < -0.3 is 0 Å². The molecule has 0 bridgehead atoms. The maximum atomic E-state index is 11.4. The van der Waals surface area contributed by atoms with Crippen molar-refractivity contribution in [2.75, 3.05) is 0 Å². The van der Waals surface area contributed by atoms with E-state index in [2.05, 4.69) is 23.7 Å². The zero-order chi connectivity index (χ0) is 14.6. The normalized spacial score (nSPS) is 27.0. The fraction of sp³-hybridized carbons (Fsp3) is 0.105. The van der Waals surface area contributed by atoms with Crippen LogP contribution in [0.1, 0.15) is 13.8 Å². The Balaban J connectivity index is 3.02. The molecule has 1 aliphatic carbocycles. The predicted molar refractivity (Wildman–Crippen MR) is 84.6 cm³/mol. The first kappa shape index (κ1) is 15.3. The first-order valence-corrected chi connectivity index (χ1v) is 6.28. The molecule has 0 fully saturated rings. The molecule has 0 saturated carbocycles. The molecule has 0 unspecified atom stereocenters. The number of hydrogen-bond acceptors (Lipinski definition) is 1. The van der Waals surface area contributed by atoms with Crippen molar-refractivity contribution in [3.8, 4) is 23.7 Å². The minimum atomic E-state index is -0.0513. The van der Waals surface area contributed by atoms with Gasteiger partial charge in [0, 0.05) is 0 Å². The number of carbonyl (C=O) groups is 1. The van der Waals surface area contributed by atoms with Crippen molar-refractivity contribution in [2.45, 2.75) is 13.8 Å². The van der Waals surface area contributed by atoms with Crippen LogP contribution in [0.2, 0.25) is 0 Å². The largest absolute Gasteiger partial charge is 0.290 e. The average molecular weight is 260 g/mol. The van der Waals surface area contributed by atoms with Crippen molar-refractivity contribution in [3.05, 3.63) is 71.9 Å². The van der Waals surface area contributed by atoms with Gasteiger partial charge in [-0.15, -0.1) is 0 Å². The van der Waals surface area contributed by atoms with E-state index < -0.39 is 0 Å². The highest BCUT2D eigenvalue weighted by Gasteiger charge is 1.84. The van der Waals surface area contributed by atoms with Gasteiger partial charge in [-0.1, -0.05) is 60.4 Å². The summed E-state index contributed by atoms with van der Waals surface area (Å²) < 4.78 is 0. The highest BCUT2D eigenvalue weighted by Crippen LogP contribution is 1.93. The minimum Gasteiger partial charge on any atom is -0.290 e. The van der Waals surface area contributed by atoms with Crippen molar-refractivity contribution in [2.24, 2.45) is 0 Å². The molecule has 0 spiro atoms. The summed E-state index contributed by atoms with van der Waals surface area (Å²) in [5.74, 6) is 11.4. The van der Waals surface area contributed by atoms with Crippen molar-refractivity contribution < 1.29 is 4.79 Å². The van der Waals surface area contributed by atoms with E-state index in [-0.39, 0.29) is 5.78 Å². The van der Waals surface area contributed by atoms with Gasteiger partial charge >= 0.3 is 0 Å². The molecule has 0 N–H and O–H groups in total. The van der Waals surface area contributed by atoms with Crippen molar-refractivity contribution in [3.63, 3.8) is 0 Å². The summed E-state index contributed by atoms with van der Waals surface area (Å²) in [6.07, 6.45) is 17.5. The Morgan fingerprint density at radius 1 is 0.700 bits per heavy atom. The van der Waals surface area contributed by atoms with Crippen LogP contribution < -0.4 is 0 Å². The summed E-state index contributed by atoms with van der Waals surface area (Å²) in [5.41, 5.74) is 1.84. The first-order chi connectivity index (χ1) is 9.68. The van der Waals surface area contributed by atoms with Gasteiger partial charge in [0.2, 0.25) is 0 Å². The molecule has 1 heteroatoms. The SMILES string of the molecule is C/C1=C/C=C/C=C/C(=O)/C=C/C=C/C=C(/C)C#CC#C1. The maximum absolute atomic E-state index is 11.4. The Morgan fingerprint density at radius 2 is 1.15 bits per heavy atom. The van der Waals surface area contributed by atoms with Crippen LogP contribution in [0, 0.1) is 23.7 Å². The topological polar surface area (TPSA) is 17.1 Å². The van der Waals surface area contributed by atoms with E-state index in [0.717, 1.165) is 11.1 Å². The molecule has 98 valence electrons. The Hall–Kier alpha value is -2.77. The van der Waals surface area contributed by atoms with Crippen LogP contribution in [0.4, 0.5) is 0 Å². The van der Waals surface area contributed by atoms with Crippen LogP contribution in [-0.2, 0) is 4.79 Å². The molecule has 0 amide bonds. The molecule has 20 heavy (non-hydrogen) atoms. The van der Waals surface area contributed by atoms with Gasteiger partial charge in [0.05, 0.1) is 0 Å². The lowest BCUT2D eigenvalue weighted by Crippen LogP contribution is -1.82. The highest BCUT2D eigenvalue weighted by atomic mass is 16.1. The van der Waals surface area contributed by atoms with Gasteiger partial charge in [-0.3, -0.25) is 4.79 Å². The summed E-state index contributed by atoms with van der Waals surface area (Å²) in [6, 6.07) is 0. The van der Waals surface area contributed by atoms with E-state index in [0.29, 0.717) is 0 Å². The van der Waals surface area contributed by atoms with Crippen LogP contribution in [0.15, 0.2) is 71.9 Å². The molecule has 1 aliphatic rings. The molecular formula is C19H16O. The van der Waals surface area contributed by atoms with E-state index in [1.165, 1.54) is 12.2 Å². The average Bonchev–Trinajstić information content (AvgIpc) is 2.42. The molecule has 0 radical (unpaired) electrons. The quantitative estimate of drug-likeness (QED) is 0.607. The number of ketones is 1. The lowest BCUT2D eigenvalue weighted by Gasteiger charge is -1.81. The number of carbonyl (C=O) groups excluding carboxylic acids is 1. The van der Waals surface area contributed by atoms with Crippen LogP contribution in [0.3, 0.4) is 0 Å². The molecule has 0 aromatic rings. The second-order valence-corrected chi connectivity index (χ2v) is 4.09. The molecule has 0 saturated heterocycles. The molecular weight excluding hydrogens is 244 g/mol. The van der Waals surface area contributed by atoms with Crippen LogP contribution in [-0.4, -0.2) is 5.78 Å². The highest BCUT2D eigenvalue weighted by molar-refractivity contribution is 5.99. The Kier molecular flexibility index (Phi) is 7.03. The molecule has 1 nitrogen and oxygen atoms in total. The van der Waals surface area contributed by atoms with E-state index in [4.69, 9.17) is 0 Å². The standard InChI is InChI=1S/C19H16O/c1-17-11-5-3-7-15-19(20)16-8-4-6-12-18(2)14-10-9-13-17/h3-8,11-12,15-16H,1-2H3/b5-3+,6-4+,15-7+,16-8+,17-11-,18-12-. The van der Waals surface area contributed by atoms with Gasteiger partial charge in [-0.25, -0.2) is 0 Å². The van der Waals surface area contributed by atoms with E-state index in [1.54, 1.807) is 24.3 Å². The third kappa shape index (κ3) is 7.54. The molecule has 0 aliphatic heterocycles. The van der Waals surface area contributed by atoms with Gasteiger partial charge in [-0.2, -0.15) is 0 Å². The second-order valence-electron chi connectivity index (χ2n) is 4.09. The van der Waals surface area contributed by atoms with E-state index >= 15 is 0 Å². The molecule has 0 aromatic carbocycles. The van der Waals surface area contributed by atoms with Crippen LogP contribution >= 0.6 is 0 Å². The van der Waals surface area contributed by atoms with Crippen molar-refractivity contribution in [1.29, 1.82) is 0 Å². The fourth-order valence-electron chi connectivity index (χ4n) is 1.23. The second kappa shape index (κ2) is 9.20. The Morgan fingerprint density at radius 3 is 1.60 bits per heavy atom. The van der Waals surface area contributed by atoms with Crippen LogP contribution in [0.25, 0.3) is 0 Å². The minimum absolute atomic E-state index is 0.0513. The maximum Gasteiger partial charge on any atom is 0.178 e. The molecule has 0 atom stereocenters. The van der Waals surface area contributed by atoms with Gasteiger partial charge in [-0.05, 0) is 49.0 Å². The monoisotopic (exact) mass is 260 g/mol. The van der Waals surface area contributed by atoms with Crippen molar-refractivity contribution >= 4 is 5.78 Å². The zero-order valence-corrected chi connectivity index (χ0v) is 11.7. The van der Waals surface area contributed by atoms with Crippen molar-refractivity contribution in [1.82, 2.24) is 0 Å². The molecule has 1 rings (SSSR count). The Labute approximate surface area is 120 Å².